The second-order valence-corrected chi connectivity index (χ2v) is 9.93. The Morgan fingerprint density at radius 1 is 1.13 bits per heavy atom. The van der Waals surface area contributed by atoms with E-state index in [4.69, 9.17) is 0 Å². The molecule has 1 aromatic heterocycles. The molecular weight excluding hydrogens is 204 g/mol. The van der Waals surface area contributed by atoms with Crippen LogP contribution in [0.5, 0.6) is 0 Å². The maximum Gasteiger partial charge on any atom is 0.106 e. The largest absolute Gasteiger partial charge is 0.317 e. The first-order valence-corrected chi connectivity index (χ1v) is 9.17. The van der Waals surface area contributed by atoms with E-state index in [2.05, 4.69) is 40.4 Å². The molecule has 2 N–H and O–H groups in total. The van der Waals surface area contributed by atoms with E-state index in [1.807, 2.05) is 6.20 Å². The van der Waals surface area contributed by atoms with Crippen LogP contribution in [0, 0.1) is 0 Å². The molecule has 0 aromatic carbocycles. The van der Waals surface area contributed by atoms with Gasteiger partial charge in [0.05, 0.1) is 11.5 Å². The number of H-pyrrole nitrogens is 1. The summed E-state index contributed by atoms with van der Waals surface area (Å²) in [5.41, 5.74) is 0. The Morgan fingerprint density at radius 2 is 1.80 bits per heavy atom. The van der Waals surface area contributed by atoms with Crippen molar-refractivity contribution in [3.05, 3.63) is 6.20 Å². The van der Waals surface area contributed by atoms with Crippen LogP contribution in [-0.2, 0) is 0 Å². The molecule has 0 spiro atoms. The lowest BCUT2D eigenvalue weighted by Crippen LogP contribution is -2.38. The Morgan fingerprint density at radius 3 is 2.00 bits per heavy atom. The fourth-order valence-electron chi connectivity index (χ4n) is 1.36. The van der Waals surface area contributed by atoms with Crippen molar-refractivity contribution in [2.24, 2.45) is 0 Å². The average Bonchev–Trinajstić information content (AvgIpc) is 2.73. The van der Waals surface area contributed by atoms with Gasteiger partial charge in [-0.05, 0) is 25.9 Å². The van der Waals surface area contributed by atoms with Gasteiger partial charge in [-0.25, -0.2) is 0 Å². The second kappa shape index (κ2) is 6.02. The quantitative estimate of drug-likeness (QED) is 0.705. The molecule has 1 aliphatic rings. The zero-order valence-electron chi connectivity index (χ0n) is 10.0. The summed E-state index contributed by atoms with van der Waals surface area (Å²) in [5, 5.41) is 14.8. The lowest BCUT2D eigenvalue weighted by Gasteiger charge is -2.09. The van der Waals surface area contributed by atoms with Gasteiger partial charge in [-0.2, -0.15) is 15.4 Å². The number of nitrogens with one attached hydrogen (secondary N) is 2. The van der Waals surface area contributed by atoms with Gasteiger partial charge in [-0.3, -0.25) is 0 Å². The third-order valence-corrected chi connectivity index (χ3v) is 4.17. The van der Waals surface area contributed by atoms with Crippen molar-refractivity contribution >= 4 is 13.4 Å². The number of hydrogen-bond donors (Lipinski definition) is 2. The van der Waals surface area contributed by atoms with Crippen molar-refractivity contribution < 1.29 is 0 Å². The number of rotatable bonds is 1. The molecule has 1 saturated heterocycles. The molecule has 1 aromatic rings. The molecule has 0 atom stereocenters. The van der Waals surface area contributed by atoms with Crippen LogP contribution in [0.2, 0.25) is 19.6 Å². The van der Waals surface area contributed by atoms with Gasteiger partial charge in [-0.15, -0.1) is 0 Å². The molecule has 0 bridgehead atoms. The predicted molar refractivity (Wildman–Crippen MR) is 66.1 cm³/mol. The van der Waals surface area contributed by atoms with E-state index in [-0.39, 0.29) is 0 Å². The molecule has 1 aliphatic heterocycles. The van der Waals surface area contributed by atoms with Gasteiger partial charge in [0.1, 0.15) is 8.07 Å². The minimum atomic E-state index is -1.19. The molecule has 0 aliphatic carbocycles. The fourth-order valence-corrected chi connectivity index (χ4v) is 2.20. The van der Waals surface area contributed by atoms with Crippen molar-refractivity contribution in [2.75, 3.05) is 13.1 Å². The Hall–Kier alpha value is -0.683. The standard InChI is InChI=1S/C5H11N3Si.C5H11N/c1-9(2,3)5-4-6-8-7-5;1-2-4-6-5-3-1/h4H,1-3H3,(H,6,7,8);6H,1-5H2. The molecule has 0 unspecified atom stereocenters. The van der Waals surface area contributed by atoms with Crippen molar-refractivity contribution in [3.63, 3.8) is 0 Å². The van der Waals surface area contributed by atoms with Gasteiger partial charge in [0.25, 0.3) is 0 Å². The second-order valence-electron chi connectivity index (χ2n) is 4.92. The van der Waals surface area contributed by atoms with E-state index in [1.54, 1.807) is 0 Å². The highest BCUT2D eigenvalue weighted by atomic mass is 28.3. The highest BCUT2D eigenvalue weighted by molar-refractivity contribution is 6.88. The third kappa shape index (κ3) is 5.08. The molecular formula is C10H22N4Si. The van der Waals surface area contributed by atoms with Gasteiger partial charge in [0.15, 0.2) is 0 Å². The molecule has 0 saturated carbocycles. The molecule has 2 heterocycles. The van der Waals surface area contributed by atoms with Crippen LogP contribution < -0.4 is 10.6 Å². The topological polar surface area (TPSA) is 53.6 Å². The zero-order valence-corrected chi connectivity index (χ0v) is 11.0. The smallest absolute Gasteiger partial charge is 0.106 e. The molecule has 0 amide bonds. The summed E-state index contributed by atoms with van der Waals surface area (Å²) in [6, 6.07) is 0. The molecule has 4 nitrogen and oxygen atoms in total. The monoisotopic (exact) mass is 226 g/mol. The van der Waals surface area contributed by atoms with E-state index < -0.39 is 8.07 Å². The van der Waals surface area contributed by atoms with E-state index in [9.17, 15) is 0 Å². The van der Waals surface area contributed by atoms with Gasteiger partial charge in [-0.1, -0.05) is 26.1 Å². The third-order valence-electron chi connectivity index (χ3n) is 2.39. The number of piperidine rings is 1. The number of hydrogen-bond acceptors (Lipinski definition) is 3. The first-order chi connectivity index (χ1) is 7.11. The minimum absolute atomic E-state index is 1.14. The maximum atomic E-state index is 4.01. The van der Waals surface area contributed by atoms with E-state index in [1.165, 1.54) is 32.4 Å². The van der Waals surface area contributed by atoms with Crippen LogP contribution in [0.4, 0.5) is 0 Å². The van der Waals surface area contributed by atoms with Crippen LogP contribution in [0.1, 0.15) is 19.3 Å². The molecule has 2 rings (SSSR count). The number of nitrogens with zero attached hydrogens (tertiary/aromatic N) is 2. The normalized spacial score (nSPS) is 16.7. The van der Waals surface area contributed by atoms with Crippen LogP contribution in [-0.4, -0.2) is 36.6 Å². The maximum absolute atomic E-state index is 4.01. The summed E-state index contributed by atoms with van der Waals surface area (Å²) in [6.07, 6.45) is 6.03. The molecule has 1 fully saturated rings. The summed E-state index contributed by atoms with van der Waals surface area (Å²) in [6.45, 7) is 9.22. The molecule has 15 heavy (non-hydrogen) atoms. The van der Waals surface area contributed by atoms with Crippen LogP contribution in [0.25, 0.3) is 0 Å². The summed E-state index contributed by atoms with van der Waals surface area (Å²) >= 11 is 0. The van der Waals surface area contributed by atoms with E-state index in [0.29, 0.717) is 0 Å². The molecule has 5 heteroatoms. The van der Waals surface area contributed by atoms with Crippen molar-refractivity contribution in [1.82, 2.24) is 20.7 Å². The van der Waals surface area contributed by atoms with Crippen molar-refractivity contribution in [3.8, 4) is 0 Å². The lowest BCUT2D eigenvalue weighted by molar-refractivity contribution is 0.520. The van der Waals surface area contributed by atoms with E-state index in [0.717, 1.165) is 5.32 Å². The fraction of sp³-hybridized carbons (Fsp3) is 0.800. The Kier molecular flexibility index (Phi) is 4.97. The zero-order chi connectivity index (χ0) is 11.1. The Bertz CT molecular complexity index is 237. The van der Waals surface area contributed by atoms with Crippen LogP contribution in [0.15, 0.2) is 6.20 Å². The van der Waals surface area contributed by atoms with Gasteiger partial charge in [0.2, 0.25) is 0 Å². The predicted octanol–water partition coefficient (Wildman–Crippen LogP) is 1.11. The summed E-state index contributed by atoms with van der Waals surface area (Å²) in [7, 11) is -1.19. The first kappa shape index (κ1) is 12.4. The lowest BCUT2D eigenvalue weighted by atomic mass is 10.2. The van der Waals surface area contributed by atoms with Gasteiger partial charge >= 0.3 is 0 Å². The van der Waals surface area contributed by atoms with Gasteiger partial charge < -0.3 is 5.32 Å². The minimum Gasteiger partial charge on any atom is -0.317 e. The summed E-state index contributed by atoms with van der Waals surface area (Å²) in [5.74, 6) is 0. The molecule has 86 valence electrons. The number of aromatic nitrogens is 3. The van der Waals surface area contributed by atoms with Crippen LogP contribution >= 0.6 is 0 Å². The number of aromatic amines is 1. The average molecular weight is 226 g/mol. The van der Waals surface area contributed by atoms with Crippen molar-refractivity contribution in [1.29, 1.82) is 0 Å². The summed E-state index contributed by atoms with van der Waals surface area (Å²) < 4.78 is 0. The Balaban J connectivity index is 0.000000162. The highest BCUT2D eigenvalue weighted by Crippen LogP contribution is 1.97. The van der Waals surface area contributed by atoms with Crippen molar-refractivity contribution in [2.45, 2.75) is 38.9 Å². The first-order valence-electron chi connectivity index (χ1n) is 5.67. The SMILES string of the molecule is C1CCNCC1.C[Si](C)(C)c1cn[nH]n1. The highest BCUT2D eigenvalue weighted by Gasteiger charge is 2.18. The Labute approximate surface area is 92.9 Å². The summed E-state index contributed by atoms with van der Waals surface area (Å²) in [4.78, 5) is 0. The van der Waals surface area contributed by atoms with Gasteiger partial charge in [0, 0.05) is 0 Å². The van der Waals surface area contributed by atoms with Crippen LogP contribution in [0.3, 0.4) is 0 Å². The van der Waals surface area contributed by atoms with E-state index >= 15 is 0 Å². The molecule has 0 radical (unpaired) electrons.